The Labute approximate surface area is 97.5 Å². The quantitative estimate of drug-likeness (QED) is 0.262. The van der Waals surface area contributed by atoms with E-state index in [1.807, 2.05) is 14.1 Å². The Hall–Kier alpha value is 0.0569. The van der Waals surface area contributed by atoms with Crippen LogP contribution in [-0.2, 0) is 0 Å². The van der Waals surface area contributed by atoms with E-state index in [0.29, 0.717) is 0 Å². The summed E-state index contributed by atoms with van der Waals surface area (Å²) in [4.78, 5) is 3.31. The molecule has 0 aromatic heterocycles. The molecule has 0 amide bonds. The monoisotopic (exact) mass is 232 g/mol. The van der Waals surface area contributed by atoms with Gasteiger partial charge in [0.1, 0.15) is 5.79 Å². The van der Waals surface area contributed by atoms with Crippen molar-refractivity contribution in [1.29, 1.82) is 0 Å². The molecule has 0 rings (SSSR count). The highest BCUT2D eigenvalue weighted by atomic mass is 28.2. The number of rotatable bonds is 7. The summed E-state index contributed by atoms with van der Waals surface area (Å²) < 4.78 is 0. The normalized spacial score (nSPS) is 13.4. The van der Waals surface area contributed by atoms with E-state index in [-0.39, 0.29) is 11.3 Å². The number of hydrogen-bond acceptors (Lipinski definition) is 4. The van der Waals surface area contributed by atoms with Gasteiger partial charge in [-0.25, -0.2) is 0 Å². The molecule has 0 bridgehead atoms. The predicted octanol–water partition coefficient (Wildman–Crippen LogP) is -0.883. The first-order valence-electron chi connectivity index (χ1n) is 5.71. The van der Waals surface area contributed by atoms with Crippen LogP contribution in [0.15, 0.2) is 0 Å². The lowest BCUT2D eigenvalue weighted by atomic mass is 10.0. The summed E-state index contributed by atoms with van der Waals surface area (Å²) in [5.74, 6) is -0.156. The maximum atomic E-state index is 3.59. The predicted molar refractivity (Wildman–Crippen MR) is 70.9 cm³/mol. The van der Waals surface area contributed by atoms with Crippen molar-refractivity contribution in [3.05, 3.63) is 0 Å². The third kappa shape index (κ3) is 6.27. The van der Waals surface area contributed by atoms with Gasteiger partial charge in [0.2, 0.25) is 0 Å². The van der Waals surface area contributed by atoms with E-state index < -0.39 is 0 Å². The van der Waals surface area contributed by atoms with Crippen molar-refractivity contribution in [1.82, 2.24) is 20.9 Å². The molecule has 0 aromatic rings. The van der Waals surface area contributed by atoms with Crippen LogP contribution in [0.1, 0.15) is 33.6 Å². The van der Waals surface area contributed by atoms with Crippen molar-refractivity contribution in [2.24, 2.45) is 0 Å². The summed E-state index contributed by atoms with van der Waals surface area (Å²) >= 11 is 0. The van der Waals surface area contributed by atoms with Gasteiger partial charge in [0, 0.05) is 5.54 Å². The molecular formula is C10H28N4Si. The fourth-order valence-corrected chi connectivity index (χ4v) is 2.09. The molecular weight excluding hydrogens is 204 g/mol. The van der Waals surface area contributed by atoms with Crippen LogP contribution in [-0.4, -0.2) is 42.4 Å². The fraction of sp³-hybridized carbons (Fsp3) is 1.00. The molecule has 0 spiro atoms. The first kappa shape index (κ1) is 15.1. The average molecular weight is 232 g/mol. The van der Waals surface area contributed by atoms with Gasteiger partial charge in [0.05, 0.1) is 10.4 Å². The summed E-state index contributed by atoms with van der Waals surface area (Å²) in [6.07, 6.45) is 2.22. The van der Waals surface area contributed by atoms with Crippen molar-refractivity contribution >= 4 is 10.4 Å². The molecule has 0 unspecified atom stereocenters. The lowest BCUT2D eigenvalue weighted by molar-refractivity contribution is 0.156. The van der Waals surface area contributed by atoms with E-state index in [9.17, 15) is 0 Å². The first-order valence-corrected chi connectivity index (χ1v) is 6.71. The van der Waals surface area contributed by atoms with Crippen LogP contribution < -0.4 is 20.9 Å². The molecule has 0 heterocycles. The second-order valence-corrected chi connectivity index (χ2v) is 5.69. The fourth-order valence-electron chi connectivity index (χ4n) is 1.73. The van der Waals surface area contributed by atoms with E-state index in [1.165, 1.54) is 0 Å². The molecule has 0 aromatic carbocycles. The van der Waals surface area contributed by atoms with Gasteiger partial charge >= 0.3 is 0 Å². The highest BCUT2D eigenvalue weighted by Gasteiger charge is 2.29. The highest BCUT2D eigenvalue weighted by molar-refractivity contribution is 6.04. The van der Waals surface area contributed by atoms with E-state index in [4.69, 9.17) is 0 Å². The summed E-state index contributed by atoms with van der Waals surface area (Å²) in [7, 11) is 5.05. The van der Waals surface area contributed by atoms with Crippen LogP contribution >= 0.6 is 0 Å². The smallest absolute Gasteiger partial charge is 0.123 e. The van der Waals surface area contributed by atoms with Gasteiger partial charge in [0.25, 0.3) is 0 Å². The van der Waals surface area contributed by atoms with Crippen LogP contribution in [0, 0.1) is 0 Å². The van der Waals surface area contributed by atoms with Crippen molar-refractivity contribution in [3.63, 3.8) is 0 Å². The average Bonchev–Trinajstić information content (AvgIpc) is 2.15. The summed E-state index contributed by atoms with van der Waals surface area (Å²) in [5.41, 5.74) is 0.0976. The Morgan fingerprint density at radius 2 is 1.60 bits per heavy atom. The van der Waals surface area contributed by atoms with Gasteiger partial charge in [-0.3, -0.25) is 16.0 Å². The third-order valence-corrected chi connectivity index (χ3v) is 2.92. The molecule has 4 nitrogen and oxygen atoms in total. The third-order valence-electron chi connectivity index (χ3n) is 2.42. The molecule has 15 heavy (non-hydrogen) atoms. The zero-order valence-corrected chi connectivity index (χ0v) is 13.1. The van der Waals surface area contributed by atoms with Crippen molar-refractivity contribution in [2.45, 2.75) is 44.9 Å². The van der Waals surface area contributed by atoms with Gasteiger partial charge < -0.3 is 4.98 Å². The molecule has 0 saturated heterocycles. The lowest BCUT2D eigenvalue weighted by Crippen LogP contribution is -2.68. The lowest BCUT2D eigenvalue weighted by Gasteiger charge is -2.40. The van der Waals surface area contributed by atoms with Gasteiger partial charge in [-0.15, -0.1) is 0 Å². The topological polar surface area (TPSA) is 48.1 Å². The van der Waals surface area contributed by atoms with Crippen LogP contribution in [0.5, 0.6) is 0 Å². The minimum atomic E-state index is -0.156. The van der Waals surface area contributed by atoms with E-state index >= 15 is 0 Å². The molecule has 0 atom stereocenters. The van der Waals surface area contributed by atoms with E-state index in [0.717, 1.165) is 29.8 Å². The second-order valence-electron chi connectivity index (χ2n) is 4.99. The van der Waals surface area contributed by atoms with Crippen LogP contribution in [0.3, 0.4) is 0 Å². The van der Waals surface area contributed by atoms with E-state index in [1.54, 1.807) is 0 Å². The largest absolute Gasteiger partial charge is 0.345 e. The molecule has 92 valence electrons. The van der Waals surface area contributed by atoms with Crippen LogP contribution in [0.2, 0.25) is 0 Å². The van der Waals surface area contributed by atoms with Crippen molar-refractivity contribution < 1.29 is 0 Å². The Balaban J connectivity index is 4.30. The Kier molecular flexibility index (Phi) is 6.62. The van der Waals surface area contributed by atoms with Crippen molar-refractivity contribution in [3.8, 4) is 0 Å². The zero-order chi connectivity index (χ0) is 11.9. The van der Waals surface area contributed by atoms with Gasteiger partial charge in [-0.2, -0.15) is 0 Å². The summed E-state index contributed by atoms with van der Waals surface area (Å²) in [5, 5.41) is 10.3. The van der Waals surface area contributed by atoms with Crippen LogP contribution in [0.4, 0.5) is 0 Å². The van der Waals surface area contributed by atoms with E-state index in [2.05, 4.69) is 41.7 Å². The molecule has 0 radical (unpaired) electrons. The molecule has 5 heteroatoms. The zero-order valence-electron chi connectivity index (χ0n) is 11.1. The van der Waals surface area contributed by atoms with Crippen molar-refractivity contribution in [2.75, 3.05) is 20.6 Å². The second kappa shape index (κ2) is 6.60. The van der Waals surface area contributed by atoms with Gasteiger partial charge in [-0.05, 0) is 54.3 Å². The standard InChI is InChI=1S/C10H28N4Si/c1-9(2,3)14-10(11-4,12-5)7-6-8-13-15/h11-14H,6-8H2,1-5,15H3. The molecule has 0 saturated carbocycles. The minimum absolute atomic E-state index is 0.0976. The van der Waals surface area contributed by atoms with Gasteiger partial charge in [0.15, 0.2) is 0 Å². The summed E-state index contributed by atoms with van der Waals surface area (Å²) in [6, 6.07) is 0. The molecule has 0 aliphatic carbocycles. The maximum Gasteiger partial charge on any atom is 0.123 e. The molecule has 0 aliphatic heterocycles. The van der Waals surface area contributed by atoms with Crippen LogP contribution in [0.25, 0.3) is 0 Å². The Morgan fingerprint density at radius 1 is 1.07 bits per heavy atom. The Morgan fingerprint density at radius 3 is 1.93 bits per heavy atom. The maximum absolute atomic E-state index is 3.59. The SMILES string of the molecule is CNC(CCCN[SiH3])(NC)NC(C)(C)C. The van der Waals surface area contributed by atoms with Gasteiger partial charge in [-0.1, -0.05) is 0 Å². The summed E-state index contributed by atoms with van der Waals surface area (Å²) in [6.45, 7) is 7.65. The number of hydrogen-bond donors (Lipinski definition) is 4. The molecule has 4 N–H and O–H groups in total. The minimum Gasteiger partial charge on any atom is -0.345 e. The molecule has 0 aliphatic rings. The first-order chi connectivity index (χ1) is 6.89. The molecule has 0 fully saturated rings. The number of nitrogens with one attached hydrogen (secondary N) is 4. The highest BCUT2D eigenvalue weighted by Crippen LogP contribution is 2.11. The Bertz CT molecular complexity index is 163.